The minimum absolute atomic E-state index is 0.824. The third kappa shape index (κ3) is 9.84. The van der Waals surface area contributed by atoms with Crippen molar-refractivity contribution in [2.24, 2.45) is 0 Å². The fourth-order valence-corrected chi connectivity index (χ4v) is 3.61. The van der Waals surface area contributed by atoms with Gasteiger partial charge in [-0.3, -0.25) is 4.90 Å². The molecule has 0 aromatic rings. The van der Waals surface area contributed by atoms with Crippen LogP contribution in [0, 0.1) is 0 Å². The zero-order valence-corrected chi connectivity index (χ0v) is 15.5. The highest BCUT2D eigenvalue weighted by atomic mass is 16.5. The maximum absolute atomic E-state index is 5.65. The van der Waals surface area contributed by atoms with Crippen LogP contribution in [0.15, 0.2) is 0 Å². The largest absolute Gasteiger partial charge is 0.380 e. The van der Waals surface area contributed by atoms with Crippen LogP contribution in [0.2, 0.25) is 0 Å². The van der Waals surface area contributed by atoms with E-state index < -0.39 is 0 Å². The van der Waals surface area contributed by atoms with Gasteiger partial charge in [-0.05, 0) is 19.3 Å². The van der Waals surface area contributed by atoms with Crippen molar-refractivity contribution in [1.82, 2.24) is 4.90 Å². The molecule has 0 aromatic carbocycles. The number of ether oxygens (including phenoxy) is 1. The highest BCUT2D eigenvalue weighted by Gasteiger charge is 2.19. The smallest absolute Gasteiger partial charge is 0.0593 e. The predicted molar refractivity (Wildman–Crippen MR) is 97.5 cm³/mol. The Hall–Kier alpha value is -0.0800. The first kappa shape index (κ1) is 20.0. The predicted octanol–water partition coefficient (Wildman–Crippen LogP) is 5.80. The standard InChI is InChI=1S/C20H41NO/c1-3-5-7-9-11-14-20(15-12-10-8-6-4-2)21-16-13-18-22-19-17-21/h20H,3-19H2,1-2H3. The lowest BCUT2D eigenvalue weighted by Gasteiger charge is -2.30. The van der Waals surface area contributed by atoms with Crippen LogP contribution >= 0.6 is 0 Å². The topological polar surface area (TPSA) is 12.5 Å². The first-order chi connectivity index (χ1) is 10.9. The summed E-state index contributed by atoms with van der Waals surface area (Å²) in [4.78, 5) is 2.74. The van der Waals surface area contributed by atoms with Crippen LogP contribution in [0.4, 0.5) is 0 Å². The van der Waals surface area contributed by atoms with Gasteiger partial charge in [0.15, 0.2) is 0 Å². The Labute approximate surface area is 140 Å². The van der Waals surface area contributed by atoms with E-state index in [4.69, 9.17) is 4.74 Å². The highest BCUT2D eigenvalue weighted by molar-refractivity contribution is 4.74. The first-order valence-electron chi connectivity index (χ1n) is 10.2. The van der Waals surface area contributed by atoms with Crippen molar-refractivity contribution in [2.75, 3.05) is 26.3 Å². The molecule has 1 heterocycles. The molecule has 132 valence electrons. The summed E-state index contributed by atoms with van der Waals surface area (Å²) in [6.45, 7) is 8.94. The summed E-state index contributed by atoms with van der Waals surface area (Å²) in [5.74, 6) is 0. The Balaban J connectivity index is 2.27. The molecule has 0 radical (unpaired) electrons. The van der Waals surface area contributed by atoms with E-state index in [1.807, 2.05) is 0 Å². The maximum atomic E-state index is 5.65. The molecule has 2 heteroatoms. The van der Waals surface area contributed by atoms with E-state index >= 15 is 0 Å². The first-order valence-corrected chi connectivity index (χ1v) is 10.2. The van der Waals surface area contributed by atoms with Crippen molar-refractivity contribution in [3.8, 4) is 0 Å². The third-order valence-electron chi connectivity index (χ3n) is 5.06. The molecular formula is C20H41NO. The molecule has 0 atom stereocenters. The van der Waals surface area contributed by atoms with Gasteiger partial charge < -0.3 is 4.74 Å². The summed E-state index contributed by atoms with van der Waals surface area (Å²) < 4.78 is 5.65. The van der Waals surface area contributed by atoms with Crippen LogP contribution < -0.4 is 0 Å². The van der Waals surface area contributed by atoms with Gasteiger partial charge in [-0.15, -0.1) is 0 Å². The summed E-state index contributed by atoms with van der Waals surface area (Å²) in [7, 11) is 0. The van der Waals surface area contributed by atoms with Gasteiger partial charge in [0.05, 0.1) is 6.61 Å². The third-order valence-corrected chi connectivity index (χ3v) is 5.06. The lowest BCUT2D eigenvalue weighted by Crippen LogP contribution is -2.37. The van der Waals surface area contributed by atoms with Crippen molar-refractivity contribution in [1.29, 1.82) is 0 Å². The van der Waals surface area contributed by atoms with Crippen LogP contribution in [0.25, 0.3) is 0 Å². The maximum Gasteiger partial charge on any atom is 0.0593 e. The molecule has 0 spiro atoms. The zero-order chi connectivity index (χ0) is 15.9. The zero-order valence-electron chi connectivity index (χ0n) is 15.5. The molecule has 0 unspecified atom stereocenters. The Morgan fingerprint density at radius 1 is 0.727 bits per heavy atom. The Morgan fingerprint density at radius 3 is 1.91 bits per heavy atom. The Bertz CT molecular complexity index is 210. The summed E-state index contributed by atoms with van der Waals surface area (Å²) in [6, 6.07) is 0.824. The van der Waals surface area contributed by atoms with E-state index in [0.29, 0.717) is 0 Å². The number of unbranched alkanes of at least 4 members (excludes halogenated alkanes) is 8. The van der Waals surface area contributed by atoms with E-state index in [1.54, 1.807) is 0 Å². The van der Waals surface area contributed by atoms with Crippen molar-refractivity contribution in [3.05, 3.63) is 0 Å². The van der Waals surface area contributed by atoms with Gasteiger partial charge in [0.2, 0.25) is 0 Å². The van der Waals surface area contributed by atoms with Crippen molar-refractivity contribution in [3.63, 3.8) is 0 Å². The molecule has 1 rings (SSSR count). The fraction of sp³-hybridized carbons (Fsp3) is 1.00. The molecule has 0 aliphatic carbocycles. The highest BCUT2D eigenvalue weighted by Crippen LogP contribution is 2.19. The van der Waals surface area contributed by atoms with Crippen LogP contribution in [0.1, 0.15) is 97.3 Å². The normalized spacial score (nSPS) is 17.0. The van der Waals surface area contributed by atoms with Crippen LogP contribution in [0.5, 0.6) is 0 Å². The minimum atomic E-state index is 0.824. The van der Waals surface area contributed by atoms with Gasteiger partial charge in [0.25, 0.3) is 0 Å². The molecule has 1 saturated heterocycles. The number of hydrogen-bond acceptors (Lipinski definition) is 2. The van der Waals surface area contributed by atoms with Crippen LogP contribution in [0.3, 0.4) is 0 Å². The van der Waals surface area contributed by atoms with E-state index in [1.165, 1.54) is 90.0 Å². The molecule has 0 N–H and O–H groups in total. The van der Waals surface area contributed by atoms with Gasteiger partial charge in [-0.2, -0.15) is 0 Å². The molecule has 1 aliphatic heterocycles. The number of hydrogen-bond donors (Lipinski definition) is 0. The average molecular weight is 312 g/mol. The van der Waals surface area contributed by atoms with Gasteiger partial charge >= 0.3 is 0 Å². The lowest BCUT2D eigenvalue weighted by atomic mass is 9.99. The quantitative estimate of drug-likeness (QED) is 0.399. The van der Waals surface area contributed by atoms with E-state index in [9.17, 15) is 0 Å². The molecule has 0 aromatic heterocycles. The number of nitrogens with zero attached hydrogens (tertiary/aromatic N) is 1. The van der Waals surface area contributed by atoms with Crippen LogP contribution in [-0.2, 0) is 4.74 Å². The van der Waals surface area contributed by atoms with E-state index in [2.05, 4.69) is 18.7 Å². The van der Waals surface area contributed by atoms with E-state index in [-0.39, 0.29) is 0 Å². The second-order valence-electron chi connectivity index (χ2n) is 7.06. The molecular weight excluding hydrogens is 270 g/mol. The molecule has 0 amide bonds. The molecule has 2 nitrogen and oxygen atoms in total. The monoisotopic (exact) mass is 311 g/mol. The van der Waals surface area contributed by atoms with Gasteiger partial charge in [-0.25, -0.2) is 0 Å². The average Bonchev–Trinajstić information content (AvgIpc) is 2.81. The summed E-state index contributed by atoms with van der Waals surface area (Å²) >= 11 is 0. The summed E-state index contributed by atoms with van der Waals surface area (Å²) in [5, 5.41) is 0. The SMILES string of the molecule is CCCCCCCC(CCCCCCC)N1CCCOCC1. The Kier molecular flexibility index (Phi) is 13.2. The van der Waals surface area contributed by atoms with E-state index in [0.717, 1.165) is 25.8 Å². The second-order valence-corrected chi connectivity index (χ2v) is 7.06. The molecule has 1 fully saturated rings. The fourth-order valence-electron chi connectivity index (χ4n) is 3.61. The molecule has 1 aliphatic rings. The summed E-state index contributed by atoms with van der Waals surface area (Å²) in [6.07, 6.45) is 18.2. The summed E-state index contributed by atoms with van der Waals surface area (Å²) in [5.41, 5.74) is 0. The second kappa shape index (κ2) is 14.5. The minimum Gasteiger partial charge on any atom is -0.380 e. The van der Waals surface area contributed by atoms with Crippen LogP contribution in [-0.4, -0.2) is 37.2 Å². The molecule has 0 saturated carbocycles. The Morgan fingerprint density at radius 2 is 1.32 bits per heavy atom. The van der Waals surface area contributed by atoms with Crippen molar-refractivity contribution < 1.29 is 4.74 Å². The molecule has 0 bridgehead atoms. The van der Waals surface area contributed by atoms with Crippen molar-refractivity contribution >= 4 is 0 Å². The van der Waals surface area contributed by atoms with Gasteiger partial charge in [0, 0.05) is 25.7 Å². The van der Waals surface area contributed by atoms with Crippen molar-refractivity contribution in [2.45, 2.75) is 103 Å². The lowest BCUT2D eigenvalue weighted by molar-refractivity contribution is 0.125. The van der Waals surface area contributed by atoms with Gasteiger partial charge in [-0.1, -0.05) is 78.1 Å². The molecule has 22 heavy (non-hydrogen) atoms. The number of rotatable bonds is 13. The van der Waals surface area contributed by atoms with Gasteiger partial charge in [0.1, 0.15) is 0 Å².